The number of nitrogens with one attached hydrogen (secondary N) is 1. The second-order valence-corrected chi connectivity index (χ2v) is 6.42. The summed E-state index contributed by atoms with van der Waals surface area (Å²) in [6, 6.07) is 1.73. The van der Waals surface area contributed by atoms with Gasteiger partial charge in [-0.1, -0.05) is 0 Å². The quantitative estimate of drug-likeness (QED) is 0.203. The Kier molecular flexibility index (Phi) is 5.70. The number of aromatic hydroxyl groups is 2. The smallest absolute Gasteiger partial charge is 0.307 e. The topological polar surface area (TPSA) is 205 Å². The molecule has 0 saturated heterocycles. The molecule has 148 valence electrons. The maximum absolute atomic E-state index is 12.2. The zero-order valence-electron chi connectivity index (χ0n) is 13.9. The summed E-state index contributed by atoms with van der Waals surface area (Å²) in [6.45, 7) is 0. The molecule has 0 aromatic heterocycles. The van der Waals surface area contributed by atoms with Crippen molar-refractivity contribution < 1.29 is 50.1 Å². The van der Waals surface area contributed by atoms with E-state index in [1.54, 1.807) is 5.32 Å². The number of aliphatic hydroxyl groups is 4. The molecular formula is C16H19NO10. The van der Waals surface area contributed by atoms with Crippen molar-refractivity contribution in [1.29, 1.82) is 0 Å². The first-order valence-corrected chi connectivity index (χ1v) is 7.83. The minimum absolute atomic E-state index is 0.273. The third-order valence-corrected chi connectivity index (χ3v) is 4.29. The van der Waals surface area contributed by atoms with Crippen molar-refractivity contribution in [1.82, 2.24) is 5.32 Å². The summed E-state index contributed by atoms with van der Waals surface area (Å²) in [7, 11) is 0. The van der Waals surface area contributed by atoms with Gasteiger partial charge in [0.25, 0.3) is 11.8 Å². The number of imide groups is 1. The summed E-state index contributed by atoms with van der Waals surface area (Å²) in [5, 5.41) is 69.2. The van der Waals surface area contributed by atoms with Gasteiger partial charge in [0.15, 0.2) is 0 Å². The van der Waals surface area contributed by atoms with Crippen LogP contribution in [0.25, 0.3) is 0 Å². The number of phenolic OH excluding ortho intramolecular Hbond substituents is 2. The van der Waals surface area contributed by atoms with Crippen LogP contribution in [-0.2, 0) is 16.0 Å². The van der Waals surface area contributed by atoms with Gasteiger partial charge in [0, 0.05) is 18.4 Å². The fraction of sp³-hybridized carbons (Fsp3) is 0.438. The van der Waals surface area contributed by atoms with Crippen LogP contribution in [0.15, 0.2) is 12.1 Å². The highest BCUT2D eigenvalue weighted by atomic mass is 16.4. The molecule has 2 rings (SSSR count). The van der Waals surface area contributed by atoms with Crippen molar-refractivity contribution in [2.45, 2.75) is 43.2 Å². The predicted molar refractivity (Wildman–Crippen MR) is 85.8 cm³/mol. The second kappa shape index (κ2) is 7.48. The van der Waals surface area contributed by atoms with Gasteiger partial charge in [0.2, 0.25) is 0 Å². The van der Waals surface area contributed by atoms with Crippen LogP contribution < -0.4 is 5.32 Å². The molecule has 1 aliphatic rings. The zero-order chi connectivity index (χ0) is 20.5. The number of carboxylic acids is 1. The van der Waals surface area contributed by atoms with Crippen LogP contribution in [0.2, 0.25) is 0 Å². The number of carbonyl (C=O) groups excluding carboxylic acids is 2. The third-order valence-electron chi connectivity index (χ3n) is 4.29. The first kappa shape index (κ1) is 20.6. The predicted octanol–water partition coefficient (Wildman–Crippen LogP) is -2.41. The summed E-state index contributed by atoms with van der Waals surface area (Å²) in [4.78, 5) is 35.3. The molecule has 2 atom stereocenters. The Morgan fingerprint density at radius 3 is 2.15 bits per heavy atom. The summed E-state index contributed by atoms with van der Waals surface area (Å²) >= 11 is 0. The number of carboxylic acid groups (broad SMARTS) is 1. The Balaban J connectivity index is 2.23. The lowest BCUT2D eigenvalue weighted by atomic mass is 9.79. The fourth-order valence-electron chi connectivity index (χ4n) is 2.89. The molecule has 2 unspecified atom stereocenters. The lowest BCUT2D eigenvalue weighted by Crippen LogP contribution is -2.59. The lowest BCUT2D eigenvalue weighted by molar-refractivity contribution is -0.172. The normalized spacial score (nSPS) is 27.8. The van der Waals surface area contributed by atoms with Crippen molar-refractivity contribution >= 4 is 17.8 Å². The van der Waals surface area contributed by atoms with Gasteiger partial charge >= 0.3 is 5.97 Å². The molecule has 0 radical (unpaired) electrons. The Labute approximate surface area is 152 Å². The van der Waals surface area contributed by atoms with Crippen LogP contribution >= 0.6 is 0 Å². The van der Waals surface area contributed by atoms with Crippen molar-refractivity contribution in [2.75, 3.05) is 0 Å². The molecule has 27 heavy (non-hydrogen) atoms. The van der Waals surface area contributed by atoms with Gasteiger partial charge in [0.05, 0.1) is 24.2 Å². The van der Waals surface area contributed by atoms with E-state index in [0.29, 0.717) is 0 Å². The maximum Gasteiger partial charge on any atom is 0.307 e. The number of rotatable bonds is 4. The molecule has 11 heteroatoms. The minimum Gasteiger partial charge on any atom is -0.508 e. The molecule has 1 fully saturated rings. The number of carbonyl (C=O) groups is 3. The maximum atomic E-state index is 12.2. The largest absolute Gasteiger partial charge is 0.508 e. The monoisotopic (exact) mass is 385 g/mol. The van der Waals surface area contributed by atoms with E-state index in [1.807, 2.05) is 0 Å². The molecule has 1 aromatic carbocycles. The number of amides is 2. The summed E-state index contributed by atoms with van der Waals surface area (Å²) in [5.41, 5.74) is -3.25. The van der Waals surface area contributed by atoms with Crippen molar-refractivity contribution in [3.05, 3.63) is 23.3 Å². The zero-order valence-corrected chi connectivity index (χ0v) is 13.9. The molecule has 0 heterocycles. The molecule has 8 N–H and O–H groups in total. The minimum atomic E-state index is -2.37. The van der Waals surface area contributed by atoms with Crippen LogP contribution in [0.5, 0.6) is 11.5 Å². The highest BCUT2D eigenvalue weighted by molar-refractivity contribution is 6.08. The average Bonchev–Trinajstić information content (AvgIpc) is 2.54. The van der Waals surface area contributed by atoms with Gasteiger partial charge in [-0.25, -0.2) is 0 Å². The Morgan fingerprint density at radius 2 is 1.63 bits per heavy atom. The molecule has 1 aromatic rings. The van der Waals surface area contributed by atoms with Gasteiger partial charge in [-0.2, -0.15) is 0 Å². The van der Waals surface area contributed by atoms with Crippen LogP contribution in [0, 0.1) is 0 Å². The second-order valence-electron chi connectivity index (χ2n) is 6.42. The molecular weight excluding hydrogens is 366 g/mol. The van der Waals surface area contributed by atoms with Gasteiger partial charge in [0.1, 0.15) is 23.2 Å². The Morgan fingerprint density at radius 1 is 1.07 bits per heavy atom. The van der Waals surface area contributed by atoms with Gasteiger partial charge in [-0.3, -0.25) is 19.7 Å². The van der Waals surface area contributed by atoms with E-state index in [2.05, 4.69) is 0 Å². The van der Waals surface area contributed by atoms with E-state index < -0.39 is 78.0 Å². The highest BCUT2D eigenvalue weighted by Gasteiger charge is 2.48. The van der Waals surface area contributed by atoms with Crippen molar-refractivity contribution in [3.8, 4) is 11.5 Å². The SMILES string of the molecule is O=C(O)Cc1cc(O)cc(C(=O)NC(=O)C2(O)CC(O)C(O)C(O)C2)c1O. The van der Waals surface area contributed by atoms with Gasteiger partial charge in [-0.05, 0) is 12.1 Å². The summed E-state index contributed by atoms with van der Waals surface area (Å²) < 4.78 is 0. The molecule has 0 bridgehead atoms. The number of benzene rings is 1. The molecule has 0 aliphatic heterocycles. The number of hydrogen-bond acceptors (Lipinski definition) is 9. The molecule has 2 amide bonds. The van der Waals surface area contributed by atoms with Crippen molar-refractivity contribution in [2.24, 2.45) is 0 Å². The molecule has 1 saturated carbocycles. The van der Waals surface area contributed by atoms with Crippen LogP contribution in [0.1, 0.15) is 28.8 Å². The number of aliphatic carboxylic acids is 1. The van der Waals surface area contributed by atoms with E-state index in [9.17, 15) is 45.0 Å². The first-order chi connectivity index (χ1) is 12.4. The van der Waals surface area contributed by atoms with Crippen molar-refractivity contribution in [3.63, 3.8) is 0 Å². The van der Waals surface area contributed by atoms with Crippen LogP contribution in [0.3, 0.4) is 0 Å². The average molecular weight is 385 g/mol. The Hall–Kier alpha value is -2.73. The standard InChI is InChI=1S/C16H19NO10/c18-7-1-6(2-11(21)22)12(23)8(3-7)14(25)17-15(26)16(27)4-9(19)13(24)10(20)5-16/h1,3,9-10,13,18-20,23-24,27H,2,4-5H2,(H,21,22)(H,17,25,26). The number of hydrogen-bond donors (Lipinski definition) is 8. The van der Waals surface area contributed by atoms with Gasteiger partial charge < -0.3 is 35.7 Å². The van der Waals surface area contributed by atoms with E-state index >= 15 is 0 Å². The molecule has 11 nitrogen and oxygen atoms in total. The number of phenols is 2. The first-order valence-electron chi connectivity index (χ1n) is 7.83. The van der Waals surface area contributed by atoms with E-state index in [-0.39, 0.29) is 5.56 Å². The number of aliphatic hydroxyl groups excluding tert-OH is 3. The molecule has 1 aliphatic carbocycles. The van der Waals surface area contributed by atoms with Crippen LogP contribution in [0.4, 0.5) is 0 Å². The Bertz CT molecular complexity index is 765. The third kappa shape index (κ3) is 4.34. The van der Waals surface area contributed by atoms with Gasteiger partial charge in [-0.15, -0.1) is 0 Å². The summed E-state index contributed by atoms with van der Waals surface area (Å²) in [5.74, 6) is -5.20. The highest BCUT2D eigenvalue weighted by Crippen LogP contribution is 2.31. The van der Waals surface area contributed by atoms with E-state index in [0.717, 1.165) is 12.1 Å². The van der Waals surface area contributed by atoms with E-state index in [4.69, 9.17) is 5.11 Å². The lowest BCUT2D eigenvalue weighted by Gasteiger charge is -2.38. The summed E-state index contributed by atoms with van der Waals surface area (Å²) in [6.07, 6.45) is -6.80. The fourth-order valence-corrected chi connectivity index (χ4v) is 2.89. The molecule has 0 spiro atoms. The van der Waals surface area contributed by atoms with E-state index in [1.165, 1.54) is 0 Å². The van der Waals surface area contributed by atoms with Crippen LogP contribution in [-0.4, -0.2) is 77.4 Å².